The smallest absolute Gasteiger partial charge is 0.273 e. The second kappa shape index (κ2) is 6.69. The average molecular weight is 336 g/mol. The summed E-state index contributed by atoms with van der Waals surface area (Å²) in [4.78, 5) is 10.1. The van der Waals surface area contributed by atoms with Crippen molar-refractivity contribution < 1.29 is 13.3 Å². The molecule has 1 saturated carbocycles. The van der Waals surface area contributed by atoms with Crippen LogP contribution in [0.3, 0.4) is 0 Å². The van der Waals surface area contributed by atoms with Crippen LogP contribution in [-0.2, 0) is 10.0 Å². The number of rotatable bonds is 6. The zero-order chi connectivity index (χ0) is 14.9. The molecule has 0 radical (unpaired) electrons. The van der Waals surface area contributed by atoms with E-state index in [2.05, 4.69) is 4.72 Å². The molecular weight excluding hydrogens is 318 g/mol. The lowest BCUT2D eigenvalue weighted by molar-refractivity contribution is -0.385. The topological polar surface area (TPSA) is 115 Å². The molecule has 1 aliphatic carbocycles. The van der Waals surface area contributed by atoms with E-state index in [-0.39, 0.29) is 35.6 Å². The summed E-state index contributed by atoms with van der Waals surface area (Å²) in [5, 5.41) is 10.8. The lowest BCUT2D eigenvalue weighted by Crippen LogP contribution is -2.38. The molecule has 21 heavy (non-hydrogen) atoms. The maximum Gasteiger partial charge on any atom is 0.273 e. The highest BCUT2D eigenvalue weighted by Crippen LogP contribution is 2.31. The minimum absolute atomic E-state index is 0. The molecule has 0 bridgehead atoms. The van der Waals surface area contributed by atoms with Crippen molar-refractivity contribution in [1.82, 2.24) is 4.72 Å². The molecule has 7 nitrogen and oxygen atoms in total. The molecule has 0 amide bonds. The van der Waals surface area contributed by atoms with Crippen LogP contribution in [0.2, 0.25) is 0 Å². The van der Waals surface area contributed by atoms with E-state index in [0.29, 0.717) is 11.5 Å². The highest BCUT2D eigenvalue weighted by molar-refractivity contribution is 7.89. The van der Waals surface area contributed by atoms with Crippen LogP contribution < -0.4 is 10.5 Å². The summed E-state index contributed by atoms with van der Waals surface area (Å²) >= 11 is 0. The summed E-state index contributed by atoms with van der Waals surface area (Å²) in [7, 11) is -3.77. The number of aryl methyl sites for hydroxylation is 1. The number of nitrogens with one attached hydrogen (secondary N) is 1. The number of hydrogen-bond acceptors (Lipinski definition) is 5. The van der Waals surface area contributed by atoms with Crippen molar-refractivity contribution in [3.8, 4) is 0 Å². The van der Waals surface area contributed by atoms with Gasteiger partial charge in [0.15, 0.2) is 0 Å². The quantitative estimate of drug-likeness (QED) is 0.601. The summed E-state index contributed by atoms with van der Waals surface area (Å²) in [6.45, 7) is 1.71. The van der Waals surface area contributed by atoms with Crippen molar-refractivity contribution in [2.24, 2.45) is 11.7 Å². The molecule has 1 unspecified atom stereocenters. The Morgan fingerprint density at radius 1 is 1.48 bits per heavy atom. The average Bonchev–Trinajstić information content (AvgIpc) is 3.20. The van der Waals surface area contributed by atoms with Crippen molar-refractivity contribution in [2.45, 2.75) is 30.7 Å². The first-order chi connectivity index (χ1) is 9.31. The summed E-state index contributed by atoms with van der Waals surface area (Å²) in [5.74, 6) is 0.380. The second-order valence-electron chi connectivity index (χ2n) is 5.06. The third-order valence-electron chi connectivity index (χ3n) is 3.42. The number of nitrogens with zero attached hydrogens (tertiary/aromatic N) is 1. The van der Waals surface area contributed by atoms with E-state index in [1.165, 1.54) is 12.1 Å². The van der Waals surface area contributed by atoms with Crippen LogP contribution >= 0.6 is 12.4 Å². The molecule has 3 N–H and O–H groups in total. The van der Waals surface area contributed by atoms with Crippen LogP contribution in [0.1, 0.15) is 18.4 Å². The van der Waals surface area contributed by atoms with Gasteiger partial charge in [-0.3, -0.25) is 10.1 Å². The van der Waals surface area contributed by atoms with Gasteiger partial charge < -0.3 is 5.73 Å². The van der Waals surface area contributed by atoms with Crippen molar-refractivity contribution in [3.05, 3.63) is 33.9 Å². The highest BCUT2D eigenvalue weighted by atomic mass is 35.5. The summed E-state index contributed by atoms with van der Waals surface area (Å²) in [5.41, 5.74) is 6.04. The third kappa shape index (κ3) is 4.37. The first-order valence-corrected chi connectivity index (χ1v) is 7.80. The number of nitrogens with two attached hydrogens (primary N) is 1. The van der Waals surface area contributed by atoms with Gasteiger partial charge in [0.25, 0.3) is 5.69 Å². The van der Waals surface area contributed by atoms with Crippen LogP contribution in [0.15, 0.2) is 23.1 Å². The van der Waals surface area contributed by atoms with E-state index in [1.54, 1.807) is 6.92 Å². The molecule has 1 aromatic rings. The molecule has 0 spiro atoms. The van der Waals surface area contributed by atoms with E-state index in [9.17, 15) is 18.5 Å². The van der Waals surface area contributed by atoms with Gasteiger partial charge in [0.2, 0.25) is 10.0 Å². The SMILES string of the molecule is Cc1ccc(S(=O)(=O)NCC(N)C2CC2)cc1[N+](=O)[O-].Cl. The molecule has 1 atom stereocenters. The fourth-order valence-corrected chi connectivity index (χ4v) is 3.03. The van der Waals surface area contributed by atoms with Gasteiger partial charge >= 0.3 is 0 Å². The standard InChI is InChI=1S/C12H17N3O4S.ClH/c1-8-2-5-10(6-12(8)15(16)17)20(18,19)14-7-11(13)9-3-4-9;/h2,5-6,9,11,14H,3-4,7,13H2,1H3;1H. The number of halogens is 1. The molecule has 1 aliphatic rings. The normalized spacial score (nSPS) is 16.1. The number of nitro benzene ring substituents is 1. The van der Waals surface area contributed by atoms with Gasteiger partial charge in [-0.1, -0.05) is 6.07 Å². The van der Waals surface area contributed by atoms with Crippen molar-refractivity contribution in [1.29, 1.82) is 0 Å². The maximum absolute atomic E-state index is 12.1. The highest BCUT2D eigenvalue weighted by Gasteiger charge is 2.29. The summed E-state index contributed by atoms with van der Waals surface area (Å²) in [6.07, 6.45) is 2.05. The van der Waals surface area contributed by atoms with Gasteiger partial charge in [-0.15, -0.1) is 12.4 Å². The van der Waals surface area contributed by atoms with Gasteiger partial charge in [0.1, 0.15) is 0 Å². The summed E-state index contributed by atoms with van der Waals surface area (Å²) < 4.78 is 26.6. The Labute approximate surface area is 129 Å². The largest absolute Gasteiger partial charge is 0.326 e. The summed E-state index contributed by atoms with van der Waals surface area (Å²) in [6, 6.07) is 3.64. The van der Waals surface area contributed by atoms with Crippen LogP contribution in [0.5, 0.6) is 0 Å². The molecule has 118 valence electrons. The van der Waals surface area contributed by atoms with Gasteiger partial charge in [-0.25, -0.2) is 13.1 Å². The molecule has 0 aromatic heterocycles. The van der Waals surface area contributed by atoms with Crippen LogP contribution in [0.25, 0.3) is 0 Å². The predicted molar refractivity (Wildman–Crippen MR) is 81.0 cm³/mol. The van der Waals surface area contributed by atoms with Gasteiger partial charge in [-0.2, -0.15) is 0 Å². The van der Waals surface area contributed by atoms with Crippen LogP contribution in [0, 0.1) is 23.0 Å². The minimum atomic E-state index is -3.77. The maximum atomic E-state index is 12.1. The van der Waals surface area contributed by atoms with Crippen LogP contribution in [0.4, 0.5) is 5.69 Å². The molecule has 9 heteroatoms. The first kappa shape index (κ1) is 17.8. The van der Waals surface area contributed by atoms with E-state index >= 15 is 0 Å². The zero-order valence-corrected chi connectivity index (χ0v) is 13.1. The monoisotopic (exact) mass is 335 g/mol. The minimum Gasteiger partial charge on any atom is -0.326 e. The van der Waals surface area contributed by atoms with E-state index in [0.717, 1.165) is 18.9 Å². The zero-order valence-electron chi connectivity index (χ0n) is 11.5. The Balaban J connectivity index is 0.00000220. The molecule has 0 heterocycles. The van der Waals surface area contributed by atoms with Gasteiger partial charge in [0, 0.05) is 24.2 Å². The Morgan fingerprint density at radius 3 is 2.62 bits per heavy atom. The Bertz CT molecular complexity index is 631. The number of sulfonamides is 1. The Kier molecular flexibility index (Phi) is 5.68. The Morgan fingerprint density at radius 2 is 2.10 bits per heavy atom. The molecule has 0 saturated heterocycles. The molecule has 1 aromatic carbocycles. The lowest BCUT2D eigenvalue weighted by atomic mass is 10.2. The molecule has 2 rings (SSSR count). The van der Waals surface area contributed by atoms with Gasteiger partial charge in [0.05, 0.1) is 9.82 Å². The van der Waals surface area contributed by atoms with E-state index in [4.69, 9.17) is 5.73 Å². The van der Waals surface area contributed by atoms with E-state index < -0.39 is 14.9 Å². The van der Waals surface area contributed by atoms with Crippen LogP contribution in [-0.4, -0.2) is 25.9 Å². The predicted octanol–water partition coefficient (Wildman–Crippen LogP) is 1.34. The van der Waals surface area contributed by atoms with Crippen molar-refractivity contribution >= 4 is 28.1 Å². The second-order valence-corrected chi connectivity index (χ2v) is 6.83. The first-order valence-electron chi connectivity index (χ1n) is 6.31. The van der Waals surface area contributed by atoms with Crippen molar-refractivity contribution in [3.63, 3.8) is 0 Å². The molecule has 1 fully saturated rings. The van der Waals surface area contributed by atoms with E-state index in [1.807, 2.05) is 0 Å². The van der Waals surface area contributed by atoms with Crippen molar-refractivity contribution in [2.75, 3.05) is 6.54 Å². The fraction of sp³-hybridized carbons (Fsp3) is 0.500. The molecular formula is C12H18ClN3O4S. The Hall–Kier alpha value is -1.22. The fourth-order valence-electron chi connectivity index (χ4n) is 1.93. The number of hydrogen-bond donors (Lipinski definition) is 2. The molecule has 0 aliphatic heterocycles. The number of benzene rings is 1. The van der Waals surface area contributed by atoms with Gasteiger partial charge in [-0.05, 0) is 31.7 Å². The third-order valence-corrected chi connectivity index (χ3v) is 4.85. The number of nitro groups is 1. The lowest BCUT2D eigenvalue weighted by Gasteiger charge is -2.12.